The maximum absolute atomic E-state index is 13.9. The predicted molar refractivity (Wildman–Crippen MR) is 97.7 cm³/mol. The van der Waals surface area contributed by atoms with Gasteiger partial charge in [0.15, 0.2) is 0 Å². The molecule has 0 aliphatic heterocycles. The molecule has 0 aliphatic carbocycles. The second-order valence-corrected chi connectivity index (χ2v) is 6.12. The van der Waals surface area contributed by atoms with E-state index in [0.717, 1.165) is 5.56 Å². The van der Waals surface area contributed by atoms with Gasteiger partial charge in [-0.05, 0) is 36.8 Å². The van der Waals surface area contributed by atoms with Crippen LogP contribution < -0.4 is 10.3 Å². The summed E-state index contributed by atoms with van der Waals surface area (Å²) in [7, 11) is 0. The van der Waals surface area contributed by atoms with E-state index in [1.54, 1.807) is 49.4 Å². The molecule has 0 saturated heterocycles. The number of nitriles is 1. The smallest absolute Gasteiger partial charge is 0.266 e. The van der Waals surface area contributed by atoms with Crippen LogP contribution in [0.2, 0.25) is 5.02 Å². The van der Waals surface area contributed by atoms with Crippen molar-refractivity contribution in [2.24, 2.45) is 0 Å². The van der Waals surface area contributed by atoms with Gasteiger partial charge < -0.3 is 9.72 Å². The molecule has 0 amide bonds. The number of hydrogen-bond donors (Lipinski definition) is 1. The summed E-state index contributed by atoms with van der Waals surface area (Å²) in [5.74, 6) is 0.0385. The van der Waals surface area contributed by atoms with Crippen molar-refractivity contribution in [3.05, 3.63) is 86.5 Å². The van der Waals surface area contributed by atoms with Crippen molar-refractivity contribution in [3.63, 3.8) is 0 Å². The summed E-state index contributed by atoms with van der Waals surface area (Å²) < 4.78 is 19.5. The Labute approximate surface area is 154 Å². The number of rotatable bonds is 4. The first-order chi connectivity index (χ1) is 12.5. The van der Waals surface area contributed by atoms with E-state index in [1.807, 2.05) is 6.07 Å². The first-order valence-electron chi connectivity index (χ1n) is 7.79. The van der Waals surface area contributed by atoms with E-state index in [1.165, 1.54) is 6.07 Å². The number of benzene rings is 2. The zero-order valence-electron chi connectivity index (χ0n) is 13.8. The van der Waals surface area contributed by atoms with Crippen molar-refractivity contribution in [1.82, 2.24) is 4.98 Å². The lowest BCUT2D eigenvalue weighted by atomic mass is 10.0. The molecule has 0 atom stereocenters. The fourth-order valence-electron chi connectivity index (χ4n) is 2.58. The van der Waals surface area contributed by atoms with Crippen molar-refractivity contribution in [3.8, 4) is 22.9 Å². The number of H-pyrrole nitrogens is 1. The van der Waals surface area contributed by atoms with Crippen LogP contribution in [0.1, 0.15) is 16.8 Å². The van der Waals surface area contributed by atoms with E-state index in [-0.39, 0.29) is 17.2 Å². The van der Waals surface area contributed by atoms with E-state index >= 15 is 0 Å². The quantitative estimate of drug-likeness (QED) is 0.732. The fourth-order valence-corrected chi connectivity index (χ4v) is 2.77. The van der Waals surface area contributed by atoms with Gasteiger partial charge in [0.05, 0.1) is 5.02 Å². The second kappa shape index (κ2) is 7.42. The van der Waals surface area contributed by atoms with Gasteiger partial charge in [0, 0.05) is 16.8 Å². The summed E-state index contributed by atoms with van der Waals surface area (Å²) in [4.78, 5) is 14.5. The first-order valence-corrected chi connectivity index (χ1v) is 8.17. The molecule has 0 aliphatic rings. The van der Waals surface area contributed by atoms with Crippen LogP contribution in [0.5, 0.6) is 5.75 Å². The number of hydrogen-bond acceptors (Lipinski definition) is 3. The third kappa shape index (κ3) is 3.61. The summed E-state index contributed by atoms with van der Waals surface area (Å²) in [6.45, 7) is 1.79. The number of aryl methyl sites for hydroxylation is 1. The van der Waals surface area contributed by atoms with Crippen LogP contribution in [0.25, 0.3) is 11.1 Å². The van der Waals surface area contributed by atoms with Crippen molar-refractivity contribution >= 4 is 11.6 Å². The minimum atomic E-state index is -0.497. The van der Waals surface area contributed by atoms with Crippen LogP contribution in [0, 0.1) is 24.1 Å². The van der Waals surface area contributed by atoms with Gasteiger partial charge in [-0.2, -0.15) is 5.26 Å². The molecule has 3 rings (SSSR count). The summed E-state index contributed by atoms with van der Waals surface area (Å²) in [5.41, 5.74) is 1.95. The van der Waals surface area contributed by atoms with Gasteiger partial charge in [0.25, 0.3) is 5.56 Å². The van der Waals surface area contributed by atoms with Crippen molar-refractivity contribution in [2.45, 2.75) is 13.5 Å². The minimum Gasteiger partial charge on any atom is -0.489 e. The molecular formula is C20H14ClFN2O2. The highest BCUT2D eigenvalue weighted by Crippen LogP contribution is 2.25. The van der Waals surface area contributed by atoms with E-state index in [4.69, 9.17) is 16.3 Å². The number of nitrogens with zero attached hydrogens (tertiary/aromatic N) is 1. The van der Waals surface area contributed by atoms with Crippen LogP contribution in [0.4, 0.5) is 4.39 Å². The Morgan fingerprint density at radius 3 is 2.65 bits per heavy atom. The molecule has 0 fully saturated rings. The number of pyridine rings is 1. The lowest BCUT2D eigenvalue weighted by molar-refractivity contribution is 0.300. The van der Waals surface area contributed by atoms with Crippen LogP contribution in [-0.4, -0.2) is 4.98 Å². The maximum atomic E-state index is 13.9. The zero-order chi connectivity index (χ0) is 18.7. The zero-order valence-corrected chi connectivity index (χ0v) is 14.6. The third-order valence-electron chi connectivity index (χ3n) is 3.87. The second-order valence-electron chi connectivity index (χ2n) is 5.71. The van der Waals surface area contributed by atoms with Gasteiger partial charge in [-0.25, -0.2) is 4.39 Å². The number of halogens is 2. The topological polar surface area (TPSA) is 65.9 Å². The Morgan fingerprint density at radius 2 is 1.96 bits per heavy atom. The molecule has 0 spiro atoms. The molecule has 130 valence electrons. The van der Waals surface area contributed by atoms with Gasteiger partial charge in [0.1, 0.15) is 29.8 Å². The summed E-state index contributed by atoms with van der Waals surface area (Å²) in [5, 5.41) is 9.27. The maximum Gasteiger partial charge on any atom is 0.266 e. The minimum absolute atomic E-state index is 0.0410. The third-order valence-corrected chi connectivity index (χ3v) is 4.16. The number of ether oxygens (including phenoxy) is 1. The van der Waals surface area contributed by atoms with E-state index in [9.17, 15) is 14.4 Å². The molecule has 4 nitrogen and oxygen atoms in total. The molecule has 0 bridgehead atoms. The highest BCUT2D eigenvalue weighted by molar-refractivity contribution is 6.30. The average Bonchev–Trinajstić information content (AvgIpc) is 2.63. The largest absolute Gasteiger partial charge is 0.489 e. The predicted octanol–water partition coefficient (Wildman–Crippen LogP) is 4.59. The number of nitrogens with one attached hydrogen (secondary N) is 1. The molecule has 6 heteroatoms. The Hall–Kier alpha value is -3.10. The summed E-state index contributed by atoms with van der Waals surface area (Å²) in [6.07, 6.45) is 0. The van der Waals surface area contributed by atoms with E-state index < -0.39 is 11.4 Å². The lowest BCUT2D eigenvalue weighted by Gasteiger charge is -2.10. The summed E-state index contributed by atoms with van der Waals surface area (Å²) >= 11 is 5.75. The number of aromatic nitrogens is 1. The van der Waals surface area contributed by atoms with Gasteiger partial charge in [-0.1, -0.05) is 35.9 Å². The van der Waals surface area contributed by atoms with Crippen molar-refractivity contribution in [1.29, 1.82) is 5.26 Å². The Balaban J connectivity index is 1.83. The average molecular weight is 369 g/mol. The normalized spacial score (nSPS) is 10.4. The van der Waals surface area contributed by atoms with Crippen LogP contribution in [0.15, 0.2) is 53.3 Å². The lowest BCUT2D eigenvalue weighted by Crippen LogP contribution is -2.12. The highest BCUT2D eigenvalue weighted by atomic mass is 35.5. The SMILES string of the molecule is Cc1cc(-c2ccc(OCc3cccc(Cl)c3F)cc2)c(C#N)c(=O)[nH]1. The molecule has 0 unspecified atom stereocenters. The number of aromatic amines is 1. The molecule has 1 aromatic heterocycles. The molecule has 26 heavy (non-hydrogen) atoms. The van der Waals surface area contributed by atoms with Gasteiger partial charge in [0.2, 0.25) is 0 Å². The molecule has 1 N–H and O–H groups in total. The highest BCUT2D eigenvalue weighted by Gasteiger charge is 2.11. The standard InChI is InChI=1S/C20H14ClFN2O2/c1-12-9-16(17(10-23)20(25)24-12)13-5-7-15(8-6-13)26-11-14-3-2-4-18(21)19(14)22/h2-9H,11H2,1H3,(H,24,25). The molecule has 0 saturated carbocycles. The van der Waals surface area contributed by atoms with Crippen LogP contribution >= 0.6 is 11.6 Å². The Morgan fingerprint density at radius 1 is 1.23 bits per heavy atom. The van der Waals surface area contributed by atoms with Crippen molar-refractivity contribution < 1.29 is 9.13 Å². The van der Waals surface area contributed by atoms with Gasteiger partial charge in [-0.15, -0.1) is 0 Å². The fraction of sp³-hybridized carbons (Fsp3) is 0.100. The Kier molecular flexibility index (Phi) is 5.06. The molecule has 3 aromatic rings. The first kappa shape index (κ1) is 17.7. The molecular weight excluding hydrogens is 355 g/mol. The van der Waals surface area contributed by atoms with Gasteiger partial charge in [-0.3, -0.25) is 4.79 Å². The Bertz CT molecular complexity index is 1050. The van der Waals surface area contributed by atoms with E-state index in [2.05, 4.69) is 4.98 Å². The van der Waals surface area contributed by atoms with Crippen LogP contribution in [0.3, 0.4) is 0 Å². The molecule has 0 radical (unpaired) electrons. The van der Waals surface area contributed by atoms with E-state index in [0.29, 0.717) is 22.6 Å². The summed E-state index contributed by atoms with van der Waals surface area (Å²) in [6, 6.07) is 15.3. The monoisotopic (exact) mass is 368 g/mol. The molecule has 1 heterocycles. The van der Waals surface area contributed by atoms with Crippen molar-refractivity contribution in [2.75, 3.05) is 0 Å². The molecule has 2 aromatic carbocycles. The van der Waals surface area contributed by atoms with Gasteiger partial charge >= 0.3 is 0 Å². The van der Waals surface area contributed by atoms with Crippen LogP contribution in [-0.2, 0) is 6.61 Å².